The van der Waals surface area contributed by atoms with Gasteiger partial charge in [0.25, 0.3) is 5.91 Å². The zero-order valence-corrected chi connectivity index (χ0v) is 20.6. The van der Waals surface area contributed by atoms with E-state index < -0.39 is 0 Å². The smallest absolute Gasteiger partial charge is 0.266 e. The third kappa shape index (κ3) is 4.71. The lowest BCUT2D eigenvalue weighted by molar-refractivity contribution is 0.0606. The Kier molecular flexibility index (Phi) is 6.90. The maximum atomic E-state index is 14.0. The van der Waals surface area contributed by atoms with Crippen molar-refractivity contribution in [1.29, 1.82) is 0 Å². The van der Waals surface area contributed by atoms with Crippen molar-refractivity contribution in [2.24, 2.45) is 0 Å². The molecule has 0 radical (unpaired) electrons. The van der Waals surface area contributed by atoms with Crippen LogP contribution in [0, 0.1) is 0 Å². The Morgan fingerprint density at radius 2 is 1.82 bits per heavy atom. The Morgan fingerprint density at radius 1 is 1.06 bits per heavy atom. The number of nitrogens with zero attached hydrogens (tertiary/aromatic N) is 3. The summed E-state index contributed by atoms with van der Waals surface area (Å²) in [6.07, 6.45) is 9.23. The summed E-state index contributed by atoms with van der Waals surface area (Å²) in [5.41, 5.74) is 3.09. The number of hydrogen-bond acceptors (Lipinski definition) is 5. The normalized spacial score (nSPS) is 18.2. The number of hydrogen-bond donors (Lipinski definition) is 1. The average molecular weight is 491 g/mol. The largest absolute Gasteiger partial charge is 0.331 e. The molecular formula is C27H27ClN4OS. The van der Waals surface area contributed by atoms with Crippen LogP contribution in [0.1, 0.15) is 40.9 Å². The first-order chi connectivity index (χ1) is 16.6. The van der Waals surface area contributed by atoms with Crippen LogP contribution in [-0.2, 0) is 6.54 Å². The fraction of sp³-hybridized carbons (Fsp3) is 0.296. The van der Waals surface area contributed by atoms with Crippen LogP contribution in [0.4, 0.5) is 0 Å². The van der Waals surface area contributed by atoms with Crippen molar-refractivity contribution in [2.75, 3.05) is 7.05 Å². The Labute approximate surface area is 208 Å². The first kappa shape index (κ1) is 23.0. The molecular weight excluding hydrogens is 464 g/mol. The van der Waals surface area contributed by atoms with Gasteiger partial charge in [-0.2, -0.15) is 0 Å². The number of carbonyl (C=O) groups is 1. The quantitative estimate of drug-likeness (QED) is 0.350. The van der Waals surface area contributed by atoms with Crippen LogP contribution in [0.2, 0.25) is 5.02 Å². The molecule has 0 bridgehead atoms. The summed E-state index contributed by atoms with van der Waals surface area (Å²) in [4.78, 5) is 24.9. The molecule has 1 aliphatic carbocycles. The maximum Gasteiger partial charge on any atom is 0.266 e. The summed E-state index contributed by atoms with van der Waals surface area (Å²) >= 11 is 8.22. The van der Waals surface area contributed by atoms with Gasteiger partial charge in [0.2, 0.25) is 0 Å². The minimum absolute atomic E-state index is 0.0209. The van der Waals surface area contributed by atoms with E-state index in [1.807, 2.05) is 54.7 Å². The van der Waals surface area contributed by atoms with Gasteiger partial charge in [-0.25, -0.2) is 9.97 Å². The van der Waals surface area contributed by atoms with Crippen molar-refractivity contribution >= 4 is 38.9 Å². The minimum atomic E-state index is 0.0209. The van der Waals surface area contributed by atoms with E-state index in [0.717, 1.165) is 52.5 Å². The lowest BCUT2D eigenvalue weighted by Gasteiger charge is -2.37. The van der Waals surface area contributed by atoms with E-state index in [4.69, 9.17) is 11.6 Å². The fourth-order valence-corrected chi connectivity index (χ4v) is 6.29. The molecule has 1 fully saturated rings. The molecule has 1 aliphatic rings. The zero-order valence-electron chi connectivity index (χ0n) is 19.1. The molecule has 1 N–H and O–H groups in total. The highest BCUT2D eigenvalue weighted by Gasteiger charge is 2.31. The highest BCUT2D eigenvalue weighted by molar-refractivity contribution is 7.21. The molecule has 34 heavy (non-hydrogen) atoms. The number of carbonyl (C=O) groups excluding carboxylic acids is 1. The van der Waals surface area contributed by atoms with E-state index in [9.17, 15) is 4.79 Å². The lowest BCUT2D eigenvalue weighted by Crippen LogP contribution is -2.44. The monoisotopic (exact) mass is 490 g/mol. The van der Waals surface area contributed by atoms with Crippen molar-refractivity contribution in [1.82, 2.24) is 20.2 Å². The Bertz CT molecular complexity index is 1280. The SMILES string of the molecule is CNC1CCC(N(Cc2cccc(-c3cncnc3)c2)C(=O)c2sc3ccccc3c2Cl)CC1. The van der Waals surface area contributed by atoms with Gasteiger partial charge in [-0.1, -0.05) is 48.0 Å². The zero-order chi connectivity index (χ0) is 23.5. The van der Waals surface area contributed by atoms with E-state index >= 15 is 0 Å². The highest BCUT2D eigenvalue weighted by Crippen LogP contribution is 2.37. The molecule has 5 nitrogen and oxygen atoms in total. The second-order valence-electron chi connectivity index (χ2n) is 8.80. The molecule has 2 aromatic heterocycles. The summed E-state index contributed by atoms with van der Waals surface area (Å²) in [6.45, 7) is 0.541. The van der Waals surface area contributed by atoms with Crippen molar-refractivity contribution in [3.8, 4) is 11.1 Å². The van der Waals surface area contributed by atoms with E-state index in [1.165, 1.54) is 17.7 Å². The first-order valence-corrected chi connectivity index (χ1v) is 12.8. The number of amides is 1. The fourth-order valence-electron chi connectivity index (χ4n) is 4.82. The molecule has 5 rings (SSSR count). The van der Waals surface area contributed by atoms with Gasteiger partial charge in [-0.05, 0) is 56.0 Å². The number of rotatable bonds is 6. The maximum absolute atomic E-state index is 14.0. The number of thiophene rings is 1. The molecule has 7 heteroatoms. The molecule has 1 saturated carbocycles. The summed E-state index contributed by atoms with van der Waals surface area (Å²) < 4.78 is 1.04. The number of fused-ring (bicyclic) bond motifs is 1. The van der Waals surface area contributed by atoms with Crippen LogP contribution < -0.4 is 5.32 Å². The van der Waals surface area contributed by atoms with Crippen LogP contribution in [0.3, 0.4) is 0 Å². The third-order valence-corrected chi connectivity index (χ3v) is 8.37. The predicted molar refractivity (Wildman–Crippen MR) is 139 cm³/mol. The van der Waals surface area contributed by atoms with Crippen molar-refractivity contribution in [3.63, 3.8) is 0 Å². The standard InChI is InChI=1S/C27H27ClN4OS/c1-29-21-9-11-22(12-10-21)32(27(33)26-25(28)23-7-2-3-8-24(23)34-26)16-18-5-4-6-19(13-18)20-14-30-17-31-15-20/h2-8,13-15,17,21-22,29H,9-12,16H2,1H3. The Morgan fingerprint density at radius 3 is 2.56 bits per heavy atom. The Hall–Kier alpha value is -2.80. The highest BCUT2D eigenvalue weighted by atomic mass is 35.5. The van der Waals surface area contributed by atoms with Crippen molar-refractivity contribution in [2.45, 2.75) is 44.3 Å². The van der Waals surface area contributed by atoms with Gasteiger partial charge in [0, 0.05) is 46.7 Å². The molecule has 4 aromatic rings. The predicted octanol–water partition coefficient (Wildman–Crippen LogP) is 6.18. The van der Waals surface area contributed by atoms with Gasteiger partial charge in [-0.3, -0.25) is 4.79 Å². The van der Waals surface area contributed by atoms with Crippen molar-refractivity contribution in [3.05, 3.63) is 82.7 Å². The summed E-state index contributed by atoms with van der Waals surface area (Å²) in [6, 6.07) is 17.0. The molecule has 0 aliphatic heterocycles. The van der Waals surface area contributed by atoms with Gasteiger partial charge in [-0.15, -0.1) is 11.3 Å². The van der Waals surface area contributed by atoms with Gasteiger partial charge >= 0.3 is 0 Å². The summed E-state index contributed by atoms with van der Waals surface area (Å²) in [7, 11) is 2.02. The van der Waals surface area contributed by atoms with Crippen LogP contribution in [0.15, 0.2) is 67.3 Å². The van der Waals surface area contributed by atoms with E-state index in [0.29, 0.717) is 22.5 Å². The number of halogens is 1. The van der Waals surface area contributed by atoms with E-state index in [1.54, 1.807) is 0 Å². The van der Waals surface area contributed by atoms with Gasteiger partial charge in [0.1, 0.15) is 11.2 Å². The second-order valence-corrected chi connectivity index (χ2v) is 10.2. The van der Waals surface area contributed by atoms with Crippen LogP contribution in [-0.4, -0.2) is 39.9 Å². The molecule has 2 aromatic carbocycles. The third-order valence-electron chi connectivity index (χ3n) is 6.71. The second kappa shape index (κ2) is 10.2. The summed E-state index contributed by atoms with van der Waals surface area (Å²) in [5, 5.41) is 4.90. The van der Waals surface area contributed by atoms with E-state index in [-0.39, 0.29) is 11.9 Å². The molecule has 0 unspecified atom stereocenters. The van der Waals surface area contributed by atoms with Gasteiger partial charge < -0.3 is 10.2 Å². The van der Waals surface area contributed by atoms with Crippen LogP contribution >= 0.6 is 22.9 Å². The number of aromatic nitrogens is 2. The molecule has 1 amide bonds. The molecule has 174 valence electrons. The van der Waals surface area contributed by atoms with Gasteiger partial charge in [0.15, 0.2) is 0 Å². The van der Waals surface area contributed by atoms with Crippen molar-refractivity contribution < 1.29 is 4.79 Å². The molecule has 0 spiro atoms. The Balaban J connectivity index is 1.47. The first-order valence-electron chi connectivity index (χ1n) is 11.6. The molecule has 2 heterocycles. The minimum Gasteiger partial charge on any atom is -0.331 e. The molecule has 0 saturated heterocycles. The molecule has 0 atom stereocenters. The van der Waals surface area contributed by atoms with E-state index in [2.05, 4.69) is 33.5 Å². The lowest BCUT2D eigenvalue weighted by atomic mass is 9.89. The summed E-state index contributed by atoms with van der Waals surface area (Å²) in [5.74, 6) is 0.0209. The number of nitrogens with one attached hydrogen (secondary N) is 1. The topological polar surface area (TPSA) is 58.1 Å². The van der Waals surface area contributed by atoms with Crippen LogP contribution in [0.25, 0.3) is 21.2 Å². The van der Waals surface area contributed by atoms with Gasteiger partial charge in [0.05, 0.1) is 5.02 Å². The van der Waals surface area contributed by atoms with Crippen LogP contribution in [0.5, 0.6) is 0 Å². The average Bonchev–Trinajstić information content (AvgIpc) is 3.24. The number of benzene rings is 2.